The van der Waals surface area contributed by atoms with Crippen molar-refractivity contribution in [3.8, 4) is 11.4 Å². The largest absolute Gasteiger partial charge is 0.345 e. The van der Waals surface area contributed by atoms with Crippen LogP contribution in [0.25, 0.3) is 11.4 Å². The molecule has 4 heterocycles. The summed E-state index contributed by atoms with van der Waals surface area (Å²) in [4.78, 5) is 34.2. The van der Waals surface area contributed by atoms with Gasteiger partial charge in [0.15, 0.2) is 0 Å². The van der Waals surface area contributed by atoms with Gasteiger partial charge in [-0.1, -0.05) is 0 Å². The Balaban J connectivity index is 1.58. The molecule has 0 atom stereocenters. The molecule has 0 bridgehead atoms. The number of nitrogens with one attached hydrogen (secondary N) is 2. The molecule has 25 heavy (non-hydrogen) atoms. The molecule has 3 aromatic heterocycles. The smallest absolute Gasteiger partial charge is 0.255 e. The fourth-order valence-electron chi connectivity index (χ4n) is 3.17. The zero-order chi connectivity index (χ0) is 17.4. The molecule has 2 N–H and O–H groups in total. The third kappa shape index (κ3) is 3.10. The first-order valence-corrected chi connectivity index (χ1v) is 8.37. The first kappa shape index (κ1) is 15.7. The van der Waals surface area contributed by atoms with Crippen LogP contribution in [-0.2, 0) is 19.5 Å². The van der Waals surface area contributed by atoms with Gasteiger partial charge in [-0.3, -0.25) is 14.7 Å². The predicted octanol–water partition coefficient (Wildman–Crippen LogP) is 1.73. The van der Waals surface area contributed by atoms with Crippen molar-refractivity contribution in [2.45, 2.75) is 33.4 Å². The number of aryl methyl sites for hydroxylation is 2. The summed E-state index contributed by atoms with van der Waals surface area (Å²) in [6, 6.07) is 3.70. The zero-order valence-corrected chi connectivity index (χ0v) is 14.3. The maximum Gasteiger partial charge on any atom is 0.255 e. The second-order valence-electron chi connectivity index (χ2n) is 6.43. The number of hydrogen-bond donors (Lipinski definition) is 2. The van der Waals surface area contributed by atoms with E-state index in [1.54, 1.807) is 12.4 Å². The van der Waals surface area contributed by atoms with E-state index >= 15 is 0 Å². The number of aromatic amines is 2. The number of nitrogens with zero attached hydrogens (tertiary/aromatic N) is 4. The molecule has 7 heteroatoms. The molecule has 1 aliphatic rings. The van der Waals surface area contributed by atoms with Crippen LogP contribution >= 0.6 is 0 Å². The Hall–Kier alpha value is -2.80. The lowest BCUT2D eigenvalue weighted by atomic mass is 10.1. The number of pyridine rings is 1. The SMILES string of the molecule is Cc1nc(CN2CCc3nc(-c4ccncc4)[nH]c(=O)c3C2)[nH]c1C. The average molecular weight is 336 g/mol. The summed E-state index contributed by atoms with van der Waals surface area (Å²) in [5.41, 5.74) is 4.57. The van der Waals surface area contributed by atoms with Crippen LogP contribution in [0.5, 0.6) is 0 Å². The molecular weight excluding hydrogens is 316 g/mol. The Labute approximate surface area is 145 Å². The molecule has 0 aromatic carbocycles. The number of aromatic nitrogens is 5. The van der Waals surface area contributed by atoms with Gasteiger partial charge in [-0.25, -0.2) is 9.97 Å². The normalized spacial score (nSPS) is 14.5. The number of imidazole rings is 1. The van der Waals surface area contributed by atoms with Crippen LogP contribution < -0.4 is 5.56 Å². The summed E-state index contributed by atoms with van der Waals surface area (Å²) in [5.74, 6) is 1.55. The highest BCUT2D eigenvalue weighted by atomic mass is 16.1. The highest BCUT2D eigenvalue weighted by Gasteiger charge is 2.22. The Kier molecular flexibility index (Phi) is 3.93. The summed E-state index contributed by atoms with van der Waals surface area (Å²) in [6.45, 7) is 6.17. The lowest BCUT2D eigenvalue weighted by Gasteiger charge is -2.26. The van der Waals surface area contributed by atoms with Crippen molar-refractivity contribution in [2.75, 3.05) is 6.54 Å². The van der Waals surface area contributed by atoms with Crippen LogP contribution in [0.3, 0.4) is 0 Å². The van der Waals surface area contributed by atoms with E-state index in [1.165, 1.54) is 0 Å². The Morgan fingerprint density at radius 2 is 1.96 bits per heavy atom. The number of hydrogen-bond acceptors (Lipinski definition) is 5. The molecule has 7 nitrogen and oxygen atoms in total. The minimum atomic E-state index is -0.0617. The van der Waals surface area contributed by atoms with Crippen LogP contribution in [0, 0.1) is 13.8 Å². The van der Waals surface area contributed by atoms with E-state index in [0.29, 0.717) is 18.9 Å². The molecule has 0 aliphatic carbocycles. The van der Waals surface area contributed by atoms with Crippen LogP contribution in [-0.4, -0.2) is 36.4 Å². The molecule has 0 saturated carbocycles. The Bertz CT molecular complexity index is 940. The number of H-pyrrole nitrogens is 2. The fraction of sp³-hybridized carbons (Fsp3) is 0.333. The fourth-order valence-corrected chi connectivity index (χ4v) is 3.17. The minimum absolute atomic E-state index is 0.0617. The molecule has 0 unspecified atom stereocenters. The predicted molar refractivity (Wildman–Crippen MR) is 94.0 cm³/mol. The monoisotopic (exact) mass is 336 g/mol. The van der Waals surface area contributed by atoms with Crippen LogP contribution in [0.15, 0.2) is 29.3 Å². The molecule has 0 fully saturated rings. The van der Waals surface area contributed by atoms with Crippen molar-refractivity contribution in [2.24, 2.45) is 0 Å². The number of fused-ring (bicyclic) bond motifs is 1. The molecule has 0 spiro atoms. The minimum Gasteiger partial charge on any atom is -0.345 e. The first-order valence-electron chi connectivity index (χ1n) is 8.37. The van der Waals surface area contributed by atoms with Crippen molar-refractivity contribution in [1.29, 1.82) is 0 Å². The van der Waals surface area contributed by atoms with Crippen LogP contribution in [0.4, 0.5) is 0 Å². The van der Waals surface area contributed by atoms with E-state index in [-0.39, 0.29) is 5.56 Å². The van der Waals surface area contributed by atoms with Gasteiger partial charge in [0.05, 0.1) is 23.5 Å². The van der Waals surface area contributed by atoms with E-state index < -0.39 is 0 Å². The number of rotatable bonds is 3. The molecule has 128 valence electrons. The highest BCUT2D eigenvalue weighted by molar-refractivity contribution is 5.54. The summed E-state index contributed by atoms with van der Waals surface area (Å²) in [5, 5.41) is 0. The van der Waals surface area contributed by atoms with E-state index in [4.69, 9.17) is 0 Å². The van der Waals surface area contributed by atoms with Gasteiger partial charge in [-0.2, -0.15) is 0 Å². The molecule has 0 amide bonds. The Morgan fingerprint density at radius 1 is 1.16 bits per heavy atom. The molecule has 1 aliphatic heterocycles. The van der Waals surface area contributed by atoms with E-state index in [2.05, 4.69) is 29.8 Å². The van der Waals surface area contributed by atoms with Crippen molar-refractivity contribution in [1.82, 2.24) is 29.8 Å². The summed E-state index contributed by atoms with van der Waals surface area (Å²) in [7, 11) is 0. The summed E-state index contributed by atoms with van der Waals surface area (Å²) < 4.78 is 0. The van der Waals surface area contributed by atoms with Gasteiger partial charge in [-0.05, 0) is 26.0 Å². The average Bonchev–Trinajstić information content (AvgIpc) is 2.93. The summed E-state index contributed by atoms with van der Waals surface area (Å²) >= 11 is 0. The van der Waals surface area contributed by atoms with Crippen molar-refractivity contribution in [3.05, 3.63) is 63.3 Å². The van der Waals surface area contributed by atoms with E-state index in [0.717, 1.165) is 47.0 Å². The second-order valence-corrected chi connectivity index (χ2v) is 6.43. The third-order valence-electron chi connectivity index (χ3n) is 4.65. The van der Waals surface area contributed by atoms with Crippen molar-refractivity contribution < 1.29 is 0 Å². The van der Waals surface area contributed by atoms with Gasteiger partial charge in [0.1, 0.15) is 11.6 Å². The van der Waals surface area contributed by atoms with Crippen LogP contribution in [0.1, 0.15) is 28.5 Å². The lowest BCUT2D eigenvalue weighted by molar-refractivity contribution is 0.236. The maximum atomic E-state index is 12.6. The molecular formula is C18H20N6O. The summed E-state index contributed by atoms with van der Waals surface area (Å²) in [6.07, 6.45) is 4.16. The molecule has 4 rings (SSSR count). The highest BCUT2D eigenvalue weighted by Crippen LogP contribution is 2.19. The molecule has 3 aromatic rings. The standard InChI is InChI=1S/C18H20N6O/c1-11-12(2)21-16(20-11)10-24-8-5-15-14(9-24)18(25)23-17(22-15)13-3-6-19-7-4-13/h3-4,6-7H,5,8-10H2,1-2H3,(H,20,21)(H,22,23,25). The molecule has 0 radical (unpaired) electrons. The lowest BCUT2D eigenvalue weighted by Crippen LogP contribution is -2.35. The second kappa shape index (κ2) is 6.25. The Morgan fingerprint density at radius 3 is 2.68 bits per heavy atom. The zero-order valence-electron chi connectivity index (χ0n) is 14.3. The van der Waals surface area contributed by atoms with Gasteiger partial charge in [0.2, 0.25) is 0 Å². The van der Waals surface area contributed by atoms with E-state index in [1.807, 2.05) is 26.0 Å². The first-order chi connectivity index (χ1) is 12.1. The third-order valence-corrected chi connectivity index (χ3v) is 4.65. The van der Waals surface area contributed by atoms with Gasteiger partial charge in [0.25, 0.3) is 5.56 Å². The van der Waals surface area contributed by atoms with Gasteiger partial charge in [0, 0.05) is 43.2 Å². The van der Waals surface area contributed by atoms with Crippen molar-refractivity contribution >= 4 is 0 Å². The molecule has 0 saturated heterocycles. The van der Waals surface area contributed by atoms with Gasteiger partial charge in [-0.15, -0.1) is 0 Å². The van der Waals surface area contributed by atoms with Crippen molar-refractivity contribution in [3.63, 3.8) is 0 Å². The quantitative estimate of drug-likeness (QED) is 0.760. The van der Waals surface area contributed by atoms with E-state index in [9.17, 15) is 4.79 Å². The van der Waals surface area contributed by atoms with Gasteiger partial charge >= 0.3 is 0 Å². The van der Waals surface area contributed by atoms with Gasteiger partial charge < -0.3 is 9.97 Å². The van der Waals surface area contributed by atoms with Crippen LogP contribution in [0.2, 0.25) is 0 Å². The maximum absolute atomic E-state index is 12.6. The topological polar surface area (TPSA) is 90.6 Å².